The maximum atomic E-state index is 12.6. The number of rotatable bonds is 4. The molecule has 0 unspecified atom stereocenters. The minimum atomic E-state index is -4.39. The van der Waals surface area contributed by atoms with Crippen LogP contribution >= 0.6 is 12.2 Å². The van der Waals surface area contributed by atoms with Crippen molar-refractivity contribution in [3.63, 3.8) is 0 Å². The Bertz CT molecular complexity index is 507. The number of benzene rings is 1. The molecule has 3 N–H and O–H groups in total. The SMILES string of the molecule is CC1(CNc2ccc(C(F)(F)F)cc2C(N)=S)CC1. The number of hydrogen-bond donors (Lipinski definition) is 2. The van der Waals surface area contributed by atoms with E-state index in [1.54, 1.807) is 0 Å². The lowest BCUT2D eigenvalue weighted by molar-refractivity contribution is -0.137. The smallest absolute Gasteiger partial charge is 0.389 e. The molecule has 1 saturated carbocycles. The number of anilines is 1. The molecule has 0 radical (unpaired) electrons. The monoisotopic (exact) mass is 288 g/mol. The lowest BCUT2D eigenvalue weighted by Gasteiger charge is -2.16. The highest BCUT2D eigenvalue weighted by molar-refractivity contribution is 7.80. The highest BCUT2D eigenvalue weighted by atomic mass is 32.1. The summed E-state index contributed by atoms with van der Waals surface area (Å²) in [6.45, 7) is 2.85. The van der Waals surface area contributed by atoms with Crippen molar-refractivity contribution in [2.24, 2.45) is 11.1 Å². The maximum Gasteiger partial charge on any atom is 0.416 e. The molecule has 0 amide bonds. The Kier molecular flexibility index (Phi) is 3.47. The molecule has 0 saturated heterocycles. The molecular formula is C13H15F3N2S. The molecule has 0 spiro atoms. The summed E-state index contributed by atoms with van der Waals surface area (Å²) in [7, 11) is 0. The predicted octanol–water partition coefficient (Wildman–Crippen LogP) is 3.55. The standard InChI is InChI=1S/C13H15F3N2S/c1-12(4-5-12)7-18-10-3-2-8(13(14,15)16)6-9(10)11(17)19/h2-3,6,18H,4-5,7H2,1H3,(H2,17,19). The van der Waals surface area contributed by atoms with Crippen LogP contribution in [0.4, 0.5) is 18.9 Å². The third-order valence-corrected chi connectivity index (χ3v) is 3.64. The van der Waals surface area contributed by atoms with Crippen LogP contribution < -0.4 is 11.1 Å². The second kappa shape index (κ2) is 4.67. The molecule has 19 heavy (non-hydrogen) atoms. The van der Waals surface area contributed by atoms with Crippen LogP contribution in [0.1, 0.15) is 30.9 Å². The molecule has 1 aliphatic carbocycles. The van der Waals surface area contributed by atoms with Crippen molar-refractivity contribution < 1.29 is 13.2 Å². The lowest BCUT2D eigenvalue weighted by atomic mass is 10.1. The summed E-state index contributed by atoms with van der Waals surface area (Å²) in [6, 6.07) is 3.43. The maximum absolute atomic E-state index is 12.6. The first-order valence-electron chi connectivity index (χ1n) is 5.96. The number of alkyl halides is 3. The highest BCUT2D eigenvalue weighted by Gasteiger charge is 2.37. The van der Waals surface area contributed by atoms with E-state index >= 15 is 0 Å². The van der Waals surface area contributed by atoms with Gasteiger partial charge in [-0.3, -0.25) is 0 Å². The van der Waals surface area contributed by atoms with Gasteiger partial charge in [-0.25, -0.2) is 0 Å². The fourth-order valence-corrected chi connectivity index (χ4v) is 1.95. The molecule has 2 nitrogen and oxygen atoms in total. The zero-order chi connectivity index (χ0) is 14.3. The van der Waals surface area contributed by atoms with Crippen molar-refractivity contribution in [3.8, 4) is 0 Å². The molecule has 0 bridgehead atoms. The molecular weight excluding hydrogens is 273 g/mol. The second-order valence-electron chi connectivity index (χ2n) is 5.29. The van der Waals surface area contributed by atoms with Crippen molar-refractivity contribution in [2.45, 2.75) is 25.9 Å². The average Bonchev–Trinajstić information content (AvgIpc) is 3.04. The van der Waals surface area contributed by atoms with Gasteiger partial charge >= 0.3 is 6.18 Å². The Balaban J connectivity index is 2.25. The van der Waals surface area contributed by atoms with Crippen molar-refractivity contribution >= 4 is 22.9 Å². The van der Waals surface area contributed by atoms with Gasteiger partial charge in [-0.1, -0.05) is 19.1 Å². The van der Waals surface area contributed by atoms with E-state index in [4.69, 9.17) is 18.0 Å². The number of hydrogen-bond acceptors (Lipinski definition) is 2. The number of halogens is 3. The normalized spacial score (nSPS) is 17.1. The van der Waals surface area contributed by atoms with Crippen LogP contribution in [-0.2, 0) is 6.18 Å². The van der Waals surface area contributed by atoms with Gasteiger partial charge in [0.2, 0.25) is 0 Å². The second-order valence-corrected chi connectivity index (χ2v) is 5.73. The van der Waals surface area contributed by atoms with E-state index in [9.17, 15) is 13.2 Å². The summed E-state index contributed by atoms with van der Waals surface area (Å²) in [5.41, 5.74) is 5.82. The summed E-state index contributed by atoms with van der Waals surface area (Å²) in [5.74, 6) is 0. The summed E-state index contributed by atoms with van der Waals surface area (Å²) in [6.07, 6.45) is -2.13. The topological polar surface area (TPSA) is 38.0 Å². The van der Waals surface area contributed by atoms with Gasteiger partial charge < -0.3 is 11.1 Å². The molecule has 6 heteroatoms. The van der Waals surface area contributed by atoms with Crippen molar-refractivity contribution in [3.05, 3.63) is 29.3 Å². The Morgan fingerprint density at radius 3 is 2.53 bits per heavy atom. The van der Waals surface area contributed by atoms with E-state index in [2.05, 4.69) is 12.2 Å². The van der Waals surface area contributed by atoms with E-state index in [0.29, 0.717) is 12.2 Å². The van der Waals surface area contributed by atoms with Crippen LogP contribution in [0.5, 0.6) is 0 Å². The van der Waals surface area contributed by atoms with Gasteiger partial charge in [-0.15, -0.1) is 0 Å². The van der Waals surface area contributed by atoms with Crippen molar-refractivity contribution in [1.29, 1.82) is 0 Å². The summed E-state index contributed by atoms with van der Waals surface area (Å²) in [5, 5.41) is 3.14. The lowest BCUT2D eigenvalue weighted by Crippen LogP contribution is -2.18. The highest BCUT2D eigenvalue weighted by Crippen LogP contribution is 2.45. The molecule has 1 aromatic carbocycles. The zero-order valence-corrected chi connectivity index (χ0v) is 11.3. The Labute approximate surface area is 115 Å². The summed E-state index contributed by atoms with van der Waals surface area (Å²) < 4.78 is 37.9. The quantitative estimate of drug-likeness (QED) is 0.832. The van der Waals surface area contributed by atoms with Gasteiger partial charge in [0.15, 0.2) is 0 Å². The average molecular weight is 288 g/mol. The van der Waals surface area contributed by atoms with Crippen LogP contribution in [0, 0.1) is 5.41 Å². The molecule has 1 aliphatic rings. The number of nitrogens with one attached hydrogen (secondary N) is 1. The molecule has 0 aromatic heterocycles. The van der Waals surface area contributed by atoms with E-state index in [-0.39, 0.29) is 16.0 Å². The van der Waals surface area contributed by atoms with Crippen LogP contribution in [0.2, 0.25) is 0 Å². The third kappa shape index (κ3) is 3.37. The van der Waals surface area contributed by atoms with E-state index in [1.165, 1.54) is 6.07 Å². The number of thiocarbonyl (C=S) groups is 1. The molecule has 1 aromatic rings. The molecule has 104 valence electrons. The first-order valence-corrected chi connectivity index (χ1v) is 6.37. The van der Waals surface area contributed by atoms with Crippen LogP contribution in [-0.4, -0.2) is 11.5 Å². The van der Waals surface area contributed by atoms with E-state index in [1.807, 2.05) is 0 Å². The van der Waals surface area contributed by atoms with Gasteiger partial charge in [0.1, 0.15) is 4.99 Å². The third-order valence-electron chi connectivity index (χ3n) is 3.42. The van der Waals surface area contributed by atoms with Crippen molar-refractivity contribution in [2.75, 3.05) is 11.9 Å². The Morgan fingerprint density at radius 1 is 1.42 bits per heavy atom. The van der Waals surface area contributed by atoms with Gasteiger partial charge in [0.25, 0.3) is 0 Å². The predicted molar refractivity (Wildman–Crippen MR) is 73.2 cm³/mol. The van der Waals surface area contributed by atoms with E-state index < -0.39 is 11.7 Å². The fraction of sp³-hybridized carbons (Fsp3) is 0.462. The molecule has 0 heterocycles. The Hall–Kier alpha value is -1.30. The minimum absolute atomic E-state index is 0.0328. The van der Waals surface area contributed by atoms with Crippen molar-refractivity contribution in [1.82, 2.24) is 0 Å². The zero-order valence-electron chi connectivity index (χ0n) is 10.5. The summed E-state index contributed by atoms with van der Waals surface area (Å²) in [4.78, 5) is -0.0328. The van der Waals surface area contributed by atoms with Gasteiger partial charge in [-0.05, 0) is 36.5 Å². The number of nitrogens with two attached hydrogens (primary N) is 1. The van der Waals surface area contributed by atoms with Crippen LogP contribution in [0.3, 0.4) is 0 Å². The first kappa shape index (κ1) is 14.1. The largest absolute Gasteiger partial charge is 0.416 e. The van der Waals surface area contributed by atoms with E-state index in [0.717, 1.165) is 25.0 Å². The van der Waals surface area contributed by atoms with Crippen LogP contribution in [0.15, 0.2) is 18.2 Å². The first-order chi connectivity index (χ1) is 8.71. The Morgan fingerprint density at radius 2 is 2.05 bits per heavy atom. The van der Waals surface area contributed by atoms with Gasteiger partial charge in [-0.2, -0.15) is 13.2 Å². The molecule has 0 aliphatic heterocycles. The van der Waals surface area contributed by atoms with Crippen LogP contribution in [0.25, 0.3) is 0 Å². The minimum Gasteiger partial charge on any atom is -0.389 e. The molecule has 2 rings (SSSR count). The molecule has 1 fully saturated rings. The fourth-order valence-electron chi connectivity index (χ4n) is 1.78. The van der Waals surface area contributed by atoms with Gasteiger partial charge in [0, 0.05) is 17.8 Å². The summed E-state index contributed by atoms with van der Waals surface area (Å²) >= 11 is 4.83. The molecule has 0 atom stereocenters. The van der Waals surface area contributed by atoms with Gasteiger partial charge in [0.05, 0.1) is 5.56 Å².